The van der Waals surface area contributed by atoms with Gasteiger partial charge in [-0.05, 0) is 158 Å². The highest BCUT2D eigenvalue weighted by molar-refractivity contribution is 5.38. The molecular weight excluding hydrogens is 492 g/mol. The minimum Gasteiger partial charge on any atom is -0.0917 e. The number of hydrogen-bond acceptors (Lipinski definition) is 0. The van der Waals surface area contributed by atoms with Crippen molar-refractivity contribution in [1.29, 1.82) is 0 Å². The normalized spacial score (nSPS) is 32.1. The Morgan fingerprint density at radius 3 is 2.10 bits per heavy atom. The Morgan fingerprint density at radius 1 is 0.805 bits per heavy atom. The maximum atomic E-state index is 4.09. The van der Waals surface area contributed by atoms with Gasteiger partial charge in [0.1, 0.15) is 0 Å². The summed E-state index contributed by atoms with van der Waals surface area (Å²) >= 11 is 0. The van der Waals surface area contributed by atoms with Crippen molar-refractivity contribution in [3.05, 3.63) is 66.2 Å². The molecule has 0 aromatic rings. The van der Waals surface area contributed by atoms with Crippen LogP contribution in [0.2, 0.25) is 0 Å². The molecule has 3 fully saturated rings. The monoisotopic (exact) mass is 564 g/mol. The van der Waals surface area contributed by atoms with E-state index in [1.54, 1.807) is 11.1 Å². The van der Waals surface area contributed by atoms with Crippen LogP contribution >= 0.6 is 0 Å². The molecule has 4 rings (SSSR count). The lowest BCUT2D eigenvalue weighted by atomic mass is 9.61. The third kappa shape index (κ3) is 12.1. The quantitative estimate of drug-likeness (QED) is 0.232. The average molecular weight is 564 g/mol. The van der Waals surface area contributed by atoms with Gasteiger partial charge < -0.3 is 0 Å². The summed E-state index contributed by atoms with van der Waals surface area (Å²) in [6.07, 6.45) is 43.4. The molecule has 0 heterocycles. The van der Waals surface area contributed by atoms with E-state index >= 15 is 0 Å². The van der Waals surface area contributed by atoms with Crippen molar-refractivity contribution in [1.82, 2.24) is 0 Å². The SMILES string of the molecule is C.C.CC.[CH2]C=C1C=C(/C=C2/CCC(C/C=C\CC)C2)C(CCCC2CCC3(CCC(C/C=C\C)CC3)CC2)CC1. The standard InChI is InChI=1S/C37H57.C2H6.2CH4/c1-4-7-9-12-33-15-16-34(27-33)29-36-28-30(6-3)17-18-35(36)14-10-13-32-21-25-37(26-22-32)23-19-31(20-24-37)11-8-5-2;1-2;;/h5-9,28-29,31-33,35H,3-4,10-27H2,1-2H3;1-2H3;2*1H4/b8-5-,9-7-,30-6?,34-29-;;;. The molecule has 0 nitrogen and oxygen atoms in total. The molecule has 4 aliphatic rings. The van der Waals surface area contributed by atoms with Crippen molar-refractivity contribution >= 4 is 0 Å². The number of hydrogen-bond donors (Lipinski definition) is 0. The van der Waals surface area contributed by atoms with Gasteiger partial charge in [-0.25, -0.2) is 0 Å². The van der Waals surface area contributed by atoms with Crippen molar-refractivity contribution in [3.8, 4) is 0 Å². The number of allylic oxidation sites excluding steroid dienone is 10. The van der Waals surface area contributed by atoms with Gasteiger partial charge in [0.2, 0.25) is 0 Å². The van der Waals surface area contributed by atoms with Gasteiger partial charge in [-0.2, -0.15) is 0 Å². The van der Waals surface area contributed by atoms with Crippen LogP contribution < -0.4 is 0 Å². The highest BCUT2D eigenvalue weighted by Gasteiger charge is 2.38. The summed E-state index contributed by atoms with van der Waals surface area (Å²) in [5.41, 5.74) is 5.55. The van der Waals surface area contributed by atoms with Crippen LogP contribution in [0.25, 0.3) is 0 Å². The summed E-state index contributed by atoms with van der Waals surface area (Å²) in [5, 5.41) is 0. The second-order valence-electron chi connectivity index (χ2n) is 13.3. The van der Waals surface area contributed by atoms with Gasteiger partial charge in [0.15, 0.2) is 0 Å². The average Bonchev–Trinajstić information content (AvgIpc) is 3.43. The lowest BCUT2D eigenvalue weighted by Gasteiger charge is -2.45. The minimum absolute atomic E-state index is 0. The first-order valence-corrected chi connectivity index (χ1v) is 17.3. The lowest BCUT2D eigenvalue weighted by Crippen LogP contribution is -2.32. The lowest BCUT2D eigenvalue weighted by molar-refractivity contribution is 0.0732. The van der Waals surface area contributed by atoms with Gasteiger partial charge in [0.05, 0.1) is 0 Å². The molecule has 1 radical (unpaired) electrons. The van der Waals surface area contributed by atoms with Gasteiger partial charge in [-0.1, -0.05) is 102 Å². The zero-order valence-corrected chi connectivity index (χ0v) is 26.5. The molecule has 0 aromatic carbocycles. The second kappa shape index (κ2) is 20.6. The van der Waals surface area contributed by atoms with E-state index in [2.05, 4.69) is 63.3 Å². The molecule has 0 heteroatoms. The van der Waals surface area contributed by atoms with Gasteiger partial charge in [-0.15, -0.1) is 0 Å². The van der Waals surface area contributed by atoms with Crippen molar-refractivity contribution < 1.29 is 0 Å². The Balaban J connectivity index is 0.00000206. The Bertz CT molecular complexity index is 827. The van der Waals surface area contributed by atoms with Crippen molar-refractivity contribution in [2.24, 2.45) is 29.1 Å². The molecule has 0 bridgehead atoms. The largest absolute Gasteiger partial charge is 0.0917 e. The van der Waals surface area contributed by atoms with Crippen molar-refractivity contribution in [2.75, 3.05) is 0 Å². The molecule has 1 spiro atoms. The molecular formula is C41H71. The van der Waals surface area contributed by atoms with Crippen LogP contribution in [-0.2, 0) is 0 Å². The maximum Gasteiger partial charge on any atom is -0.0159 e. The van der Waals surface area contributed by atoms with Crippen LogP contribution in [0.15, 0.2) is 59.3 Å². The van der Waals surface area contributed by atoms with Crippen LogP contribution in [0.1, 0.15) is 165 Å². The molecule has 2 unspecified atom stereocenters. The predicted molar refractivity (Wildman–Crippen MR) is 188 cm³/mol. The minimum atomic E-state index is 0. The van der Waals surface area contributed by atoms with E-state index in [1.807, 2.05) is 13.8 Å². The zero-order chi connectivity index (χ0) is 27.9. The molecule has 2 atom stereocenters. The zero-order valence-electron chi connectivity index (χ0n) is 26.5. The fraction of sp³-hybridized carbons (Fsp3) is 0.732. The van der Waals surface area contributed by atoms with E-state index in [1.165, 1.54) is 128 Å². The highest BCUT2D eigenvalue weighted by atomic mass is 14.4. The van der Waals surface area contributed by atoms with Gasteiger partial charge in [0, 0.05) is 0 Å². The molecule has 0 N–H and O–H groups in total. The molecule has 0 aliphatic heterocycles. The first-order valence-electron chi connectivity index (χ1n) is 17.3. The van der Waals surface area contributed by atoms with E-state index in [9.17, 15) is 0 Å². The molecule has 0 amide bonds. The van der Waals surface area contributed by atoms with Crippen LogP contribution in [0, 0.1) is 36.0 Å². The summed E-state index contributed by atoms with van der Waals surface area (Å²) < 4.78 is 0. The van der Waals surface area contributed by atoms with Crippen LogP contribution in [0.4, 0.5) is 0 Å². The smallest absolute Gasteiger partial charge is 0.0159 e. The topological polar surface area (TPSA) is 0 Å². The molecule has 3 saturated carbocycles. The van der Waals surface area contributed by atoms with E-state index in [0.717, 1.165) is 29.1 Å². The molecule has 235 valence electrons. The fourth-order valence-electron chi connectivity index (χ4n) is 8.12. The molecule has 4 aliphatic carbocycles. The Hall–Kier alpha value is -1.30. The third-order valence-electron chi connectivity index (χ3n) is 10.7. The van der Waals surface area contributed by atoms with E-state index in [-0.39, 0.29) is 14.9 Å². The summed E-state index contributed by atoms with van der Waals surface area (Å²) in [6.45, 7) is 12.5. The van der Waals surface area contributed by atoms with Gasteiger partial charge in [-0.3, -0.25) is 0 Å². The van der Waals surface area contributed by atoms with Gasteiger partial charge in [0.25, 0.3) is 0 Å². The van der Waals surface area contributed by atoms with Crippen LogP contribution in [0.5, 0.6) is 0 Å². The first-order chi connectivity index (χ1) is 19.1. The van der Waals surface area contributed by atoms with E-state index in [4.69, 9.17) is 0 Å². The summed E-state index contributed by atoms with van der Waals surface area (Å²) in [4.78, 5) is 0. The van der Waals surface area contributed by atoms with Crippen LogP contribution in [0.3, 0.4) is 0 Å². The first kappa shape index (κ1) is 37.7. The summed E-state index contributed by atoms with van der Waals surface area (Å²) in [6, 6.07) is 0. The predicted octanol–water partition coefficient (Wildman–Crippen LogP) is 14.0. The van der Waals surface area contributed by atoms with Crippen LogP contribution in [-0.4, -0.2) is 0 Å². The van der Waals surface area contributed by atoms with E-state index in [0.29, 0.717) is 0 Å². The van der Waals surface area contributed by atoms with Crippen molar-refractivity contribution in [2.45, 2.75) is 165 Å². The Kier molecular flexibility index (Phi) is 18.9. The molecule has 0 aromatic heterocycles. The summed E-state index contributed by atoms with van der Waals surface area (Å²) in [7, 11) is 0. The Labute approximate surface area is 259 Å². The van der Waals surface area contributed by atoms with Gasteiger partial charge >= 0.3 is 0 Å². The van der Waals surface area contributed by atoms with Crippen molar-refractivity contribution in [3.63, 3.8) is 0 Å². The maximum absolute atomic E-state index is 4.09. The third-order valence-corrected chi connectivity index (χ3v) is 10.7. The highest BCUT2D eigenvalue weighted by Crippen LogP contribution is 2.51. The molecule has 41 heavy (non-hydrogen) atoms. The summed E-state index contributed by atoms with van der Waals surface area (Å²) in [5.74, 6) is 3.62. The fourth-order valence-corrected chi connectivity index (χ4v) is 8.12. The Morgan fingerprint density at radius 2 is 1.46 bits per heavy atom. The second-order valence-corrected chi connectivity index (χ2v) is 13.3. The van der Waals surface area contributed by atoms with E-state index < -0.39 is 0 Å². The number of rotatable bonds is 10. The molecule has 0 saturated heterocycles.